The fourth-order valence-corrected chi connectivity index (χ4v) is 5.20. The minimum Gasteiger partial charge on any atom is -0.356 e. The summed E-state index contributed by atoms with van der Waals surface area (Å²) in [6, 6.07) is 11.0. The third-order valence-corrected chi connectivity index (χ3v) is 6.73. The van der Waals surface area contributed by atoms with Crippen molar-refractivity contribution in [3.8, 4) is 28.3 Å². The Balaban J connectivity index is 1.37. The van der Waals surface area contributed by atoms with Crippen molar-refractivity contribution in [2.45, 2.75) is 13.0 Å². The number of fused-ring (bicyclic) bond motifs is 5. The van der Waals surface area contributed by atoms with Crippen molar-refractivity contribution in [3.05, 3.63) is 72.6 Å². The predicted octanol–water partition coefficient (Wildman–Crippen LogP) is 4.29. The van der Waals surface area contributed by atoms with Crippen LogP contribution < -0.4 is 4.90 Å². The van der Waals surface area contributed by atoms with E-state index in [1.54, 1.807) is 0 Å². The van der Waals surface area contributed by atoms with Gasteiger partial charge in [-0.3, -0.25) is 4.57 Å². The number of halogens is 1. The Morgan fingerprint density at radius 3 is 2.76 bits per heavy atom. The molecule has 0 N–H and O–H groups in total. The van der Waals surface area contributed by atoms with E-state index >= 15 is 0 Å². The molecule has 6 rings (SSSR count). The van der Waals surface area contributed by atoms with Crippen LogP contribution in [0.3, 0.4) is 0 Å². The van der Waals surface area contributed by atoms with Gasteiger partial charge in [0, 0.05) is 55.9 Å². The molecule has 0 aliphatic carbocycles. The highest BCUT2D eigenvalue weighted by atomic mass is 19.1. The van der Waals surface area contributed by atoms with Gasteiger partial charge < -0.3 is 14.4 Å². The standard InChI is InChI=1S/C26H27FN6/c1-30(2)14-18-7-9-31(15-18)25-12-21-17-32-16-20(19-3-5-22(27)6-4-19)11-23(32)26-28-8-10-33(26)24(21)13-29-25/h3-6,8,10-13,16,18H,7,9,14-15,17H2,1-2H3/t18-/m0/s1. The van der Waals surface area contributed by atoms with Crippen LogP contribution >= 0.6 is 0 Å². The second-order valence-corrected chi connectivity index (χ2v) is 9.40. The van der Waals surface area contributed by atoms with Gasteiger partial charge in [-0.25, -0.2) is 14.4 Å². The summed E-state index contributed by atoms with van der Waals surface area (Å²) in [6.07, 6.45) is 9.16. The maximum absolute atomic E-state index is 13.4. The van der Waals surface area contributed by atoms with Crippen molar-refractivity contribution < 1.29 is 4.39 Å². The van der Waals surface area contributed by atoms with Gasteiger partial charge in [0.15, 0.2) is 5.82 Å². The van der Waals surface area contributed by atoms with Gasteiger partial charge in [0.05, 0.1) is 17.6 Å². The lowest BCUT2D eigenvalue weighted by molar-refractivity contribution is 0.340. The van der Waals surface area contributed by atoms with Crippen molar-refractivity contribution in [2.24, 2.45) is 5.92 Å². The fourth-order valence-electron chi connectivity index (χ4n) is 5.20. The minimum atomic E-state index is -0.223. The van der Waals surface area contributed by atoms with E-state index < -0.39 is 0 Å². The molecule has 2 aliphatic rings. The van der Waals surface area contributed by atoms with Gasteiger partial charge in [0.25, 0.3) is 0 Å². The Morgan fingerprint density at radius 2 is 1.94 bits per heavy atom. The number of benzene rings is 1. The number of hydrogen-bond acceptors (Lipinski definition) is 4. The van der Waals surface area contributed by atoms with Crippen LogP contribution in [0.15, 0.2) is 61.2 Å². The number of nitrogens with zero attached hydrogens (tertiary/aromatic N) is 6. The second kappa shape index (κ2) is 7.85. The molecule has 6 nitrogen and oxygen atoms in total. The van der Waals surface area contributed by atoms with Crippen LogP contribution in [0.5, 0.6) is 0 Å². The van der Waals surface area contributed by atoms with Gasteiger partial charge in [-0.1, -0.05) is 12.1 Å². The number of imidazole rings is 1. The molecule has 0 spiro atoms. The molecular weight excluding hydrogens is 415 g/mol. The first kappa shape index (κ1) is 20.2. The molecule has 0 radical (unpaired) electrons. The number of aromatic nitrogens is 4. The molecule has 2 aliphatic heterocycles. The van der Waals surface area contributed by atoms with E-state index in [0.717, 1.165) is 60.3 Å². The van der Waals surface area contributed by atoms with E-state index in [0.29, 0.717) is 5.92 Å². The summed E-state index contributed by atoms with van der Waals surface area (Å²) in [5.41, 5.74) is 5.39. The zero-order chi connectivity index (χ0) is 22.5. The van der Waals surface area contributed by atoms with Crippen LogP contribution in [-0.4, -0.2) is 57.7 Å². The van der Waals surface area contributed by atoms with Gasteiger partial charge in [0.2, 0.25) is 0 Å². The Bertz CT molecular complexity index is 1300. The molecule has 33 heavy (non-hydrogen) atoms. The average molecular weight is 443 g/mol. The lowest BCUT2D eigenvalue weighted by Crippen LogP contribution is -2.26. The molecule has 1 fully saturated rings. The van der Waals surface area contributed by atoms with Crippen molar-refractivity contribution in [2.75, 3.05) is 38.6 Å². The van der Waals surface area contributed by atoms with Gasteiger partial charge in [-0.05, 0) is 56.3 Å². The Labute approximate surface area is 192 Å². The summed E-state index contributed by atoms with van der Waals surface area (Å²) >= 11 is 0. The average Bonchev–Trinajstić information content (AvgIpc) is 3.53. The SMILES string of the molecule is CN(C)C[C@@H]1CCN(c2cc3c(cn2)-n2ccnc2-c2cc(-c4ccc(F)cc4)cn2C3)C1. The summed E-state index contributed by atoms with van der Waals surface area (Å²) in [5.74, 6) is 2.39. The fraction of sp³-hybridized carbons (Fsp3) is 0.308. The number of pyridine rings is 1. The molecule has 1 saturated heterocycles. The quantitative estimate of drug-likeness (QED) is 0.416. The highest BCUT2D eigenvalue weighted by Gasteiger charge is 2.26. The first-order valence-electron chi connectivity index (χ1n) is 11.4. The monoisotopic (exact) mass is 442 g/mol. The summed E-state index contributed by atoms with van der Waals surface area (Å²) in [5, 5.41) is 0. The maximum atomic E-state index is 13.4. The lowest BCUT2D eigenvalue weighted by atomic mass is 10.1. The van der Waals surface area contributed by atoms with Crippen LogP contribution in [0.1, 0.15) is 12.0 Å². The van der Waals surface area contributed by atoms with Crippen LogP contribution in [0.2, 0.25) is 0 Å². The zero-order valence-corrected chi connectivity index (χ0v) is 18.9. The highest BCUT2D eigenvalue weighted by molar-refractivity contribution is 5.71. The van der Waals surface area contributed by atoms with Crippen molar-refractivity contribution in [3.63, 3.8) is 0 Å². The molecule has 1 atom stereocenters. The minimum absolute atomic E-state index is 0.223. The summed E-state index contributed by atoms with van der Waals surface area (Å²) < 4.78 is 17.8. The lowest BCUT2D eigenvalue weighted by Gasteiger charge is -2.21. The topological polar surface area (TPSA) is 42.1 Å². The normalized spacial score (nSPS) is 17.1. The van der Waals surface area contributed by atoms with Crippen LogP contribution in [-0.2, 0) is 6.54 Å². The molecule has 0 saturated carbocycles. The molecule has 168 valence electrons. The first-order valence-corrected chi connectivity index (χ1v) is 11.4. The van der Waals surface area contributed by atoms with Crippen LogP contribution in [0.25, 0.3) is 28.3 Å². The molecule has 7 heteroatoms. The number of hydrogen-bond donors (Lipinski definition) is 0. The van der Waals surface area contributed by atoms with E-state index in [2.05, 4.69) is 56.3 Å². The van der Waals surface area contributed by atoms with Crippen molar-refractivity contribution >= 4 is 5.82 Å². The van der Waals surface area contributed by atoms with Crippen molar-refractivity contribution in [1.29, 1.82) is 0 Å². The van der Waals surface area contributed by atoms with Gasteiger partial charge in [0.1, 0.15) is 11.6 Å². The predicted molar refractivity (Wildman–Crippen MR) is 128 cm³/mol. The second-order valence-electron chi connectivity index (χ2n) is 9.40. The van der Waals surface area contributed by atoms with Gasteiger partial charge >= 0.3 is 0 Å². The largest absolute Gasteiger partial charge is 0.356 e. The third kappa shape index (κ3) is 3.62. The molecule has 5 heterocycles. The Kier molecular flexibility index (Phi) is 4.80. The van der Waals surface area contributed by atoms with Crippen molar-refractivity contribution in [1.82, 2.24) is 24.0 Å². The Hall–Kier alpha value is -3.45. The van der Waals surface area contributed by atoms with E-state index in [1.165, 1.54) is 24.1 Å². The smallest absolute Gasteiger partial charge is 0.161 e. The van der Waals surface area contributed by atoms with Gasteiger partial charge in [-0.2, -0.15) is 0 Å². The molecular formula is C26H27FN6. The van der Waals surface area contributed by atoms with E-state index in [1.807, 2.05) is 30.7 Å². The number of rotatable bonds is 4. The molecule has 1 aromatic carbocycles. The number of anilines is 1. The molecule has 0 amide bonds. The van der Waals surface area contributed by atoms with Crippen LogP contribution in [0.4, 0.5) is 10.2 Å². The zero-order valence-electron chi connectivity index (χ0n) is 18.9. The van der Waals surface area contributed by atoms with E-state index in [9.17, 15) is 4.39 Å². The molecule has 0 unspecified atom stereocenters. The third-order valence-electron chi connectivity index (χ3n) is 6.73. The molecule has 3 aromatic heterocycles. The van der Waals surface area contributed by atoms with E-state index in [-0.39, 0.29) is 5.82 Å². The summed E-state index contributed by atoms with van der Waals surface area (Å²) in [4.78, 5) is 14.2. The van der Waals surface area contributed by atoms with Crippen LogP contribution in [0, 0.1) is 11.7 Å². The summed E-state index contributed by atoms with van der Waals surface area (Å²) in [7, 11) is 4.28. The Morgan fingerprint density at radius 1 is 1.09 bits per heavy atom. The van der Waals surface area contributed by atoms with Gasteiger partial charge in [-0.15, -0.1) is 0 Å². The molecule has 0 bridgehead atoms. The first-order chi connectivity index (χ1) is 16.0. The molecule has 4 aromatic rings. The maximum Gasteiger partial charge on any atom is 0.161 e. The highest BCUT2D eigenvalue weighted by Crippen LogP contribution is 2.35. The van der Waals surface area contributed by atoms with E-state index in [4.69, 9.17) is 4.98 Å². The summed E-state index contributed by atoms with van der Waals surface area (Å²) in [6.45, 7) is 3.94.